The van der Waals surface area contributed by atoms with Crippen LogP contribution < -0.4 is 9.62 Å². The van der Waals surface area contributed by atoms with Crippen LogP contribution in [0.25, 0.3) is 33.4 Å². The zero-order valence-corrected chi connectivity index (χ0v) is 23.4. The van der Waals surface area contributed by atoms with Crippen LogP contribution in [0.2, 0.25) is 0 Å². The van der Waals surface area contributed by atoms with Crippen molar-refractivity contribution in [1.82, 2.24) is 9.62 Å². The number of nitrogens with one attached hydrogen (secondary N) is 1. The minimum absolute atomic E-state index is 0.0966. The Morgan fingerprint density at radius 1 is 0.897 bits per heavy atom. The summed E-state index contributed by atoms with van der Waals surface area (Å²) in [5.74, 6) is -0.689. The second kappa shape index (κ2) is 10.8. The van der Waals surface area contributed by atoms with Crippen molar-refractivity contribution in [3.05, 3.63) is 78.1 Å². The first-order chi connectivity index (χ1) is 18.3. The molecule has 1 amide bonds. The maximum Gasteiger partial charge on any atom is 0.255 e. The summed E-state index contributed by atoms with van der Waals surface area (Å²) in [4.78, 5) is 13.0. The Morgan fingerprint density at radius 3 is 2.10 bits per heavy atom. The highest BCUT2D eigenvalue weighted by Crippen LogP contribution is 2.41. The van der Waals surface area contributed by atoms with Crippen molar-refractivity contribution in [3.63, 3.8) is 0 Å². The normalized spacial score (nSPS) is 12.2. The third kappa shape index (κ3) is 5.97. The van der Waals surface area contributed by atoms with Crippen LogP contribution in [0.15, 0.2) is 71.1 Å². The number of carbonyl (C=O) groups excluding carboxylic acids is 1. The van der Waals surface area contributed by atoms with Gasteiger partial charge in [-0.2, -0.15) is 0 Å². The van der Waals surface area contributed by atoms with E-state index in [1.165, 1.54) is 44.4 Å². The number of anilines is 1. The number of rotatable bonds is 9. The molecule has 0 fully saturated rings. The van der Waals surface area contributed by atoms with Crippen molar-refractivity contribution in [1.29, 1.82) is 0 Å². The number of likely N-dealkylation sites (N-methyl/N-ethyl adjacent to an activating group) is 1. The first-order valence-electron chi connectivity index (χ1n) is 11.8. The lowest BCUT2D eigenvalue weighted by Gasteiger charge is -2.27. The van der Waals surface area contributed by atoms with Crippen LogP contribution in [-0.2, 0) is 20.0 Å². The largest absolute Gasteiger partial charge is 0.455 e. The number of hydrogen-bond acceptors (Lipinski definition) is 6. The van der Waals surface area contributed by atoms with Gasteiger partial charge in [-0.05, 0) is 35.9 Å². The van der Waals surface area contributed by atoms with Gasteiger partial charge in [0.05, 0.1) is 23.8 Å². The lowest BCUT2D eigenvalue weighted by molar-refractivity contribution is 0.0964. The van der Waals surface area contributed by atoms with E-state index < -0.39 is 31.8 Å². The lowest BCUT2D eigenvalue weighted by atomic mass is 9.98. The molecule has 9 nitrogen and oxygen atoms in total. The average Bonchev–Trinajstić information content (AvgIpc) is 3.25. The quantitative estimate of drug-likeness (QED) is 0.324. The number of sulfonamides is 2. The molecule has 1 heterocycles. The van der Waals surface area contributed by atoms with Crippen molar-refractivity contribution in [3.8, 4) is 22.5 Å². The summed E-state index contributed by atoms with van der Waals surface area (Å²) < 4.78 is 71.9. The zero-order chi connectivity index (χ0) is 28.5. The van der Waals surface area contributed by atoms with Crippen molar-refractivity contribution >= 4 is 42.6 Å². The van der Waals surface area contributed by atoms with E-state index in [9.17, 15) is 26.0 Å². The fourth-order valence-electron chi connectivity index (χ4n) is 4.20. The Hall–Kier alpha value is -3.74. The number of amides is 1. The van der Waals surface area contributed by atoms with Gasteiger partial charge in [0.25, 0.3) is 5.91 Å². The highest BCUT2D eigenvalue weighted by Gasteiger charge is 2.28. The van der Waals surface area contributed by atoms with Crippen molar-refractivity contribution in [2.75, 3.05) is 44.0 Å². The van der Waals surface area contributed by atoms with Crippen molar-refractivity contribution < 1.29 is 30.4 Å². The van der Waals surface area contributed by atoms with Crippen LogP contribution in [0.3, 0.4) is 0 Å². The van der Waals surface area contributed by atoms with Gasteiger partial charge in [-0.25, -0.2) is 25.5 Å². The molecule has 4 aromatic rings. The van der Waals surface area contributed by atoms with E-state index in [0.29, 0.717) is 22.1 Å². The van der Waals surface area contributed by atoms with E-state index in [2.05, 4.69) is 5.32 Å². The van der Waals surface area contributed by atoms with Gasteiger partial charge < -0.3 is 9.73 Å². The van der Waals surface area contributed by atoms with E-state index >= 15 is 0 Å². The van der Waals surface area contributed by atoms with E-state index in [-0.39, 0.29) is 35.7 Å². The Labute approximate surface area is 226 Å². The highest BCUT2D eigenvalue weighted by molar-refractivity contribution is 7.92. The van der Waals surface area contributed by atoms with Gasteiger partial charge in [0.15, 0.2) is 0 Å². The van der Waals surface area contributed by atoms with Gasteiger partial charge >= 0.3 is 0 Å². The summed E-state index contributed by atoms with van der Waals surface area (Å²) >= 11 is 0. The van der Waals surface area contributed by atoms with Crippen LogP contribution >= 0.6 is 0 Å². The molecule has 39 heavy (non-hydrogen) atoms. The summed E-state index contributed by atoms with van der Waals surface area (Å²) in [5, 5.41) is 3.04. The first-order valence-corrected chi connectivity index (χ1v) is 15.5. The number of benzene rings is 3. The fourth-order valence-corrected chi connectivity index (χ4v) is 5.54. The Bertz CT molecular complexity index is 1740. The second-order valence-corrected chi connectivity index (χ2v) is 13.0. The Morgan fingerprint density at radius 2 is 1.54 bits per heavy atom. The topological polar surface area (TPSA) is 117 Å². The highest BCUT2D eigenvalue weighted by atomic mass is 32.2. The lowest BCUT2D eigenvalue weighted by Crippen LogP contribution is -2.39. The van der Waals surface area contributed by atoms with E-state index in [4.69, 9.17) is 4.42 Å². The molecule has 0 aliphatic heterocycles. The molecule has 206 valence electrons. The number of fused-ring (bicyclic) bond motifs is 1. The van der Waals surface area contributed by atoms with Crippen LogP contribution in [0.1, 0.15) is 10.4 Å². The fraction of sp³-hybridized carbons (Fsp3) is 0.222. The Balaban J connectivity index is 2.01. The van der Waals surface area contributed by atoms with Crippen LogP contribution in [0.4, 0.5) is 10.1 Å². The molecule has 0 radical (unpaired) electrons. The smallest absolute Gasteiger partial charge is 0.255 e. The second-order valence-electron chi connectivity index (χ2n) is 9.04. The number of furan rings is 1. The number of carbonyl (C=O) groups is 1. The molecule has 0 aliphatic rings. The van der Waals surface area contributed by atoms with Gasteiger partial charge in [-0.15, -0.1) is 0 Å². The number of halogens is 1. The van der Waals surface area contributed by atoms with Crippen molar-refractivity contribution in [2.45, 2.75) is 0 Å². The molecule has 0 saturated carbocycles. The molecule has 0 spiro atoms. The summed E-state index contributed by atoms with van der Waals surface area (Å²) in [6, 6.07) is 17.7. The van der Waals surface area contributed by atoms with Gasteiger partial charge in [-0.1, -0.05) is 30.3 Å². The van der Waals surface area contributed by atoms with Crippen LogP contribution in [0.5, 0.6) is 0 Å². The zero-order valence-electron chi connectivity index (χ0n) is 21.8. The predicted molar refractivity (Wildman–Crippen MR) is 150 cm³/mol. The van der Waals surface area contributed by atoms with Crippen molar-refractivity contribution in [2.24, 2.45) is 0 Å². The summed E-state index contributed by atoms with van der Waals surface area (Å²) in [7, 11) is -4.59. The molecule has 0 aliphatic carbocycles. The van der Waals surface area contributed by atoms with Gasteiger partial charge in [0.1, 0.15) is 17.2 Å². The molecule has 1 aromatic heterocycles. The first kappa shape index (κ1) is 28.3. The molecular formula is C27H28FN3O6S2. The third-order valence-corrected chi connectivity index (χ3v) is 8.80. The molecule has 3 aromatic carbocycles. The Kier molecular flexibility index (Phi) is 7.82. The minimum Gasteiger partial charge on any atom is -0.455 e. The summed E-state index contributed by atoms with van der Waals surface area (Å²) in [6.07, 6.45) is 2.08. The van der Waals surface area contributed by atoms with Gasteiger partial charge in [0.2, 0.25) is 20.0 Å². The van der Waals surface area contributed by atoms with E-state index in [1.54, 1.807) is 30.3 Å². The van der Waals surface area contributed by atoms with E-state index in [1.807, 2.05) is 6.07 Å². The van der Waals surface area contributed by atoms with Crippen LogP contribution in [-0.4, -0.2) is 66.7 Å². The standard InChI is InChI=1S/C27H28FN3O6S2/c1-29-27(32)25-22-16-21(18-8-6-5-7-9-18)23(31(39(4,35)36)15-14-30(2)38(3,33)34)17-24(22)37-26(25)19-10-12-20(28)13-11-19/h5-13,16-17H,14-15H2,1-4H3,(H,29,32). The monoisotopic (exact) mass is 573 g/mol. The average molecular weight is 574 g/mol. The van der Waals surface area contributed by atoms with Gasteiger partial charge in [0, 0.05) is 49.8 Å². The third-order valence-electron chi connectivity index (χ3n) is 6.30. The molecule has 12 heteroatoms. The number of nitrogens with zero attached hydrogens (tertiary/aromatic N) is 2. The maximum atomic E-state index is 13.6. The maximum absolute atomic E-state index is 13.6. The van der Waals surface area contributed by atoms with E-state index in [0.717, 1.165) is 21.1 Å². The molecule has 0 atom stereocenters. The van der Waals surface area contributed by atoms with Crippen LogP contribution in [0, 0.1) is 5.82 Å². The molecule has 1 N–H and O–H groups in total. The molecule has 0 saturated heterocycles. The minimum atomic E-state index is -3.89. The summed E-state index contributed by atoms with van der Waals surface area (Å²) in [6.45, 7) is -0.262. The SMILES string of the molecule is CNC(=O)c1c(-c2ccc(F)cc2)oc2cc(N(CCN(C)S(C)(=O)=O)S(C)(=O)=O)c(-c3ccccc3)cc12. The molecule has 0 unspecified atom stereocenters. The molecular weight excluding hydrogens is 545 g/mol. The molecule has 0 bridgehead atoms. The molecule has 4 rings (SSSR count). The predicted octanol–water partition coefficient (Wildman–Crippen LogP) is 3.92. The van der Waals surface area contributed by atoms with Gasteiger partial charge in [-0.3, -0.25) is 9.10 Å². The summed E-state index contributed by atoms with van der Waals surface area (Å²) in [5.41, 5.74) is 2.32. The number of hydrogen-bond donors (Lipinski definition) is 1.